The normalized spacial score (nSPS) is 23.7. The maximum absolute atomic E-state index is 13.5. The van der Waals surface area contributed by atoms with E-state index in [4.69, 9.17) is 0 Å². The Bertz CT molecular complexity index is 484. The maximum Gasteiger partial charge on any atom is 0.393 e. The summed E-state index contributed by atoms with van der Waals surface area (Å²) in [5, 5.41) is 2.31. The van der Waals surface area contributed by atoms with Crippen molar-refractivity contribution in [3.05, 3.63) is 29.6 Å². The highest BCUT2D eigenvalue weighted by atomic mass is 19.4. The predicted molar refractivity (Wildman–Crippen MR) is 61.7 cm³/mol. The average molecular weight is 297 g/mol. The first-order valence-electron chi connectivity index (χ1n) is 6.27. The van der Waals surface area contributed by atoms with Crippen LogP contribution in [0, 0.1) is 23.4 Å². The van der Waals surface area contributed by atoms with Gasteiger partial charge in [0.15, 0.2) is 11.6 Å². The van der Waals surface area contributed by atoms with E-state index in [0.29, 0.717) is 25.0 Å². The summed E-state index contributed by atoms with van der Waals surface area (Å²) in [5.74, 6) is -5.46. The molecule has 0 bridgehead atoms. The predicted octanol–water partition coefficient (Wildman–Crippen LogP) is 4.64. The minimum Gasteiger partial charge on any atom is -0.379 e. The third-order valence-corrected chi connectivity index (χ3v) is 3.52. The molecule has 112 valence electrons. The van der Waals surface area contributed by atoms with Crippen LogP contribution in [0.1, 0.15) is 25.7 Å². The van der Waals surface area contributed by atoms with Crippen molar-refractivity contribution < 1.29 is 26.3 Å². The molecule has 0 amide bonds. The first-order valence-corrected chi connectivity index (χ1v) is 6.27. The Morgan fingerprint density at radius 2 is 1.65 bits per heavy atom. The number of halogens is 6. The Morgan fingerprint density at radius 3 is 2.30 bits per heavy atom. The largest absolute Gasteiger partial charge is 0.393 e. The molecule has 0 aromatic heterocycles. The molecule has 0 aliphatic heterocycles. The van der Waals surface area contributed by atoms with Gasteiger partial charge in [-0.1, -0.05) is 12.8 Å². The summed E-state index contributed by atoms with van der Waals surface area (Å²) < 4.78 is 78.2. The van der Waals surface area contributed by atoms with E-state index in [1.54, 1.807) is 0 Å². The molecule has 1 aliphatic rings. The molecule has 1 nitrogen and oxygen atoms in total. The van der Waals surface area contributed by atoms with Gasteiger partial charge in [0.1, 0.15) is 5.82 Å². The Kier molecular flexibility index (Phi) is 4.15. The van der Waals surface area contributed by atoms with Crippen LogP contribution in [-0.2, 0) is 0 Å². The zero-order valence-corrected chi connectivity index (χ0v) is 10.4. The Morgan fingerprint density at radius 1 is 1.00 bits per heavy atom. The Balaban J connectivity index is 2.23. The van der Waals surface area contributed by atoms with Crippen molar-refractivity contribution >= 4 is 5.69 Å². The molecule has 1 N–H and O–H groups in total. The summed E-state index contributed by atoms with van der Waals surface area (Å²) in [6, 6.07) is -0.0530. The molecule has 2 rings (SSSR count). The number of hydrogen-bond acceptors (Lipinski definition) is 1. The van der Waals surface area contributed by atoms with Gasteiger partial charge in [0.25, 0.3) is 0 Å². The van der Waals surface area contributed by atoms with Crippen LogP contribution in [0.3, 0.4) is 0 Å². The smallest absolute Gasteiger partial charge is 0.379 e. The van der Waals surface area contributed by atoms with E-state index in [9.17, 15) is 26.3 Å². The van der Waals surface area contributed by atoms with Gasteiger partial charge in [-0.15, -0.1) is 0 Å². The minimum absolute atomic E-state index is 0.0689. The molecule has 20 heavy (non-hydrogen) atoms. The Hall–Kier alpha value is -1.40. The van der Waals surface area contributed by atoms with Gasteiger partial charge >= 0.3 is 6.18 Å². The number of anilines is 1. The van der Waals surface area contributed by atoms with Crippen LogP contribution >= 0.6 is 0 Å². The summed E-state index contributed by atoms with van der Waals surface area (Å²) >= 11 is 0. The molecule has 1 aliphatic carbocycles. The molecular formula is C13H13F6N. The number of nitrogens with one attached hydrogen (secondary N) is 1. The fourth-order valence-electron chi connectivity index (χ4n) is 2.56. The van der Waals surface area contributed by atoms with Crippen molar-refractivity contribution in [2.45, 2.75) is 37.9 Å². The van der Waals surface area contributed by atoms with E-state index >= 15 is 0 Å². The fraction of sp³-hybridized carbons (Fsp3) is 0.538. The van der Waals surface area contributed by atoms with Crippen LogP contribution in [0.5, 0.6) is 0 Å². The molecule has 0 radical (unpaired) electrons. The van der Waals surface area contributed by atoms with Gasteiger partial charge < -0.3 is 5.32 Å². The van der Waals surface area contributed by atoms with Crippen molar-refractivity contribution in [1.29, 1.82) is 0 Å². The van der Waals surface area contributed by atoms with Crippen LogP contribution in [0.2, 0.25) is 0 Å². The van der Waals surface area contributed by atoms with Crippen molar-refractivity contribution in [2.75, 3.05) is 5.32 Å². The topological polar surface area (TPSA) is 12.0 Å². The van der Waals surface area contributed by atoms with Crippen molar-refractivity contribution in [2.24, 2.45) is 5.92 Å². The van der Waals surface area contributed by atoms with Crippen LogP contribution in [0.25, 0.3) is 0 Å². The molecular weight excluding hydrogens is 284 g/mol. The number of hydrogen-bond donors (Lipinski definition) is 1. The number of benzene rings is 1. The third-order valence-electron chi connectivity index (χ3n) is 3.52. The van der Waals surface area contributed by atoms with Crippen LogP contribution in [0.15, 0.2) is 12.1 Å². The van der Waals surface area contributed by atoms with E-state index < -0.39 is 41.3 Å². The third kappa shape index (κ3) is 3.19. The summed E-state index contributed by atoms with van der Waals surface area (Å²) in [4.78, 5) is 0. The fourth-order valence-corrected chi connectivity index (χ4v) is 2.56. The molecule has 7 heteroatoms. The zero-order chi connectivity index (χ0) is 14.9. The SMILES string of the molecule is Fc1cc(F)c(F)c(NC2CCCCC2C(F)(F)F)c1. The van der Waals surface area contributed by atoms with Gasteiger partial charge in [-0.3, -0.25) is 0 Å². The van der Waals surface area contributed by atoms with Gasteiger partial charge in [-0.05, 0) is 12.8 Å². The summed E-state index contributed by atoms with van der Waals surface area (Å²) in [6.45, 7) is 0. The van der Waals surface area contributed by atoms with Crippen molar-refractivity contribution in [3.63, 3.8) is 0 Å². The van der Waals surface area contributed by atoms with E-state index in [2.05, 4.69) is 5.32 Å². The lowest BCUT2D eigenvalue weighted by Gasteiger charge is -2.34. The van der Waals surface area contributed by atoms with E-state index in [1.165, 1.54) is 0 Å². The molecule has 1 aromatic rings. The van der Waals surface area contributed by atoms with Crippen LogP contribution in [0.4, 0.5) is 32.0 Å². The van der Waals surface area contributed by atoms with Gasteiger partial charge in [-0.2, -0.15) is 13.2 Å². The second kappa shape index (κ2) is 5.54. The van der Waals surface area contributed by atoms with E-state index in [-0.39, 0.29) is 12.8 Å². The Labute approximate surface area is 112 Å². The van der Waals surface area contributed by atoms with Gasteiger partial charge in [-0.25, -0.2) is 13.2 Å². The first-order chi connectivity index (χ1) is 9.29. The second-order valence-electron chi connectivity index (χ2n) is 4.93. The molecule has 2 atom stereocenters. The summed E-state index contributed by atoms with van der Waals surface area (Å²) in [6.07, 6.45) is -3.31. The highest BCUT2D eigenvalue weighted by Gasteiger charge is 2.45. The zero-order valence-electron chi connectivity index (χ0n) is 10.4. The lowest BCUT2D eigenvalue weighted by Crippen LogP contribution is -2.41. The summed E-state index contributed by atoms with van der Waals surface area (Å²) in [5.41, 5.74) is -0.566. The molecule has 0 saturated heterocycles. The van der Waals surface area contributed by atoms with Gasteiger partial charge in [0, 0.05) is 18.2 Å². The molecule has 1 fully saturated rings. The lowest BCUT2D eigenvalue weighted by molar-refractivity contribution is -0.184. The van der Waals surface area contributed by atoms with Gasteiger partial charge in [0.05, 0.1) is 11.6 Å². The van der Waals surface area contributed by atoms with E-state index in [0.717, 1.165) is 0 Å². The number of rotatable bonds is 2. The second-order valence-corrected chi connectivity index (χ2v) is 4.93. The highest BCUT2D eigenvalue weighted by molar-refractivity contribution is 5.46. The monoisotopic (exact) mass is 297 g/mol. The van der Waals surface area contributed by atoms with Crippen molar-refractivity contribution in [3.8, 4) is 0 Å². The average Bonchev–Trinajstić information content (AvgIpc) is 2.34. The van der Waals surface area contributed by atoms with Crippen LogP contribution < -0.4 is 5.32 Å². The first kappa shape index (κ1) is 15.0. The maximum atomic E-state index is 13.5. The quantitative estimate of drug-likeness (QED) is 0.619. The lowest BCUT2D eigenvalue weighted by atomic mass is 9.84. The standard InChI is InChI=1S/C13H13F6N/c14-7-5-9(15)12(16)11(6-7)20-10-4-2-1-3-8(10)13(17,18)19/h5-6,8,10,20H,1-4H2. The van der Waals surface area contributed by atoms with Crippen molar-refractivity contribution in [1.82, 2.24) is 0 Å². The summed E-state index contributed by atoms with van der Waals surface area (Å²) in [7, 11) is 0. The molecule has 1 aromatic carbocycles. The number of alkyl halides is 3. The molecule has 0 spiro atoms. The molecule has 2 unspecified atom stereocenters. The molecule has 1 saturated carbocycles. The van der Waals surface area contributed by atoms with Crippen LogP contribution in [-0.4, -0.2) is 12.2 Å². The van der Waals surface area contributed by atoms with E-state index in [1.807, 2.05) is 0 Å². The van der Waals surface area contributed by atoms with Gasteiger partial charge in [0.2, 0.25) is 0 Å². The molecule has 0 heterocycles. The minimum atomic E-state index is -4.42. The highest BCUT2D eigenvalue weighted by Crippen LogP contribution is 2.39.